The summed E-state index contributed by atoms with van der Waals surface area (Å²) in [5.74, 6) is 0. The zero-order valence-corrected chi connectivity index (χ0v) is 15.8. The molecule has 0 fully saturated rings. The Kier molecular flexibility index (Phi) is 5.05. The summed E-state index contributed by atoms with van der Waals surface area (Å²) in [6, 6.07) is 25.8. The predicted molar refractivity (Wildman–Crippen MR) is 118 cm³/mol. The highest BCUT2D eigenvalue weighted by molar-refractivity contribution is 5.86. The minimum Gasteiger partial charge on any atom is -0.258 e. The summed E-state index contributed by atoms with van der Waals surface area (Å²) in [4.78, 5) is 22.0. The lowest BCUT2D eigenvalue weighted by Gasteiger charge is -2.02. The van der Waals surface area contributed by atoms with E-state index in [1.807, 2.05) is 60.7 Å². The second-order valence-corrected chi connectivity index (χ2v) is 6.79. The third-order valence-corrected chi connectivity index (χ3v) is 4.81. The normalized spacial score (nSPS) is 12.3. The molecular weight excluding hydrogens is 380 g/mol. The van der Waals surface area contributed by atoms with Gasteiger partial charge in [-0.15, -0.1) is 0 Å². The monoisotopic (exact) mass is 396 g/mol. The van der Waals surface area contributed by atoms with Gasteiger partial charge in [0.05, 0.1) is 9.85 Å². The molecule has 0 spiro atoms. The van der Waals surface area contributed by atoms with Crippen molar-refractivity contribution in [2.24, 2.45) is 0 Å². The summed E-state index contributed by atoms with van der Waals surface area (Å²) >= 11 is 0. The lowest BCUT2D eigenvalue weighted by atomic mass is 10.0. The van der Waals surface area contributed by atoms with E-state index < -0.39 is 21.2 Å². The average Bonchev–Trinajstić information content (AvgIpc) is 2.75. The molecule has 0 amide bonds. The lowest BCUT2D eigenvalue weighted by Crippen LogP contribution is -2.09. The zero-order chi connectivity index (χ0) is 21.1. The number of hydrogen-bond acceptors (Lipinski definition) is 4. The van der Waals surface area contributed by atoms with Crippen molar-refractivity contribution in [3.63, 3.8) is 0 Å². The molecule has 6 nitrogen and oxygen atoms in total. The van der Waals surface area contributed by atoms with Crippen molar-refractivity contribution < 1.29 is 9.85 Å². The molecule has 6 heteroatoms. The van der Waals surface area contributed by atoms with Gasteiger partial charge in [0, 0.05) is 12.2 Å². The van der Waals surface area contributed by atoms with Crippen LogP contribution in [0.1, 0.15) is 11.1 Å². The Labute approximate surface area is 171 Å². The van der Waals surface area contributed by atoms with Crippen molar-refractivity contribution >= 4 is 33.7 Å². The fraction of sp³-hybridized carbons (Fsp3) is 0. The number of nitro groups is 2. The largest absolute Gasteiger partial charge is 0.346 e. The van der Waals surface area contributed by atoms with Gasteiger partial charge in [-0.05, 0) is 44.8 Å². The van der Waals surface area contributed by atoms with E-state index in [0.717, 1.165) is 21.5 Å². The van der Waals surface area contributed by atoms with Crippen LogP contribution >= 0.6 is 0 Å². The summed E-state index contributed by atoms with van der Waals surface area (Å²) in [5.41, 5.74) is -0.0924. The Hall–Kier alpha value is -4.32. The van der Waals surface area contributed by atoms with Gasteiger partial charge in [-0.25, -0.2) is 0 Å². The summed E-state index contributed by atoms with van der Waals surface area (Å²) in [5, 5.41) is 27.2. The van der Waals surface area contributed by atoms with Gasteiger partial charge in [0.2, 0.25) is 0 Å². The molecule has 0 atom stereocenters. The van der Waals surface area contributed by atoms with Gasteiger partial charge in [0.1, 0.15) is 0 Å². The molecule has 146 valence electrons. The molecular formula is C24H16N2O4. The third kappa shape index (κ3) is 3.93. The molecule has 0 heterocycles. The highest BCUT2D eigenvalue weighted by Gasteiger charge is 2.29. The van der Waals surface area contributed by atoms with E-state index in [9.17, 15) is 20.2 Å². The van der Waals surface area contributed by atoms with Crippen LogP contribution in [0.5, 0.6) is 0 Å². The predicted octanol–water partition coefficient (Wildman–Crippen LogP) is 5.93. The van der Waals surface area contributed by atoms with Crippen LogP contribution < -0.4 is 0 Å². The molecule has 0 aliphatic heterocycles. The van der Waals surface area contributed by atoms with Crippen LogP contribution in [0.3, 0.4) is 0 Å². The molecule has 4 aromatic carbocycles. The highest BCUT2D eigenvalue weighted by atomic mass is 16.6. The van der Waals surface area contributed by atoms with E-state index in [4.69, 9.17) is 0 Å². The van der Waals surface area contributed by atoms with Crippen molar-refractivity contribution in [2.45, 2.75) is 0 Å². The van der Waals surface area contributed by atoms with Crippen molar-refractivity contribution in [2.75, 3.05) is 0 Å². The van der Waals surface area contributed by atoms with Crippen LogP contribution in [0.25, 0.3) is 33.7 Å². The first kappa shape index (κ1) is 19.0. The van der Waals surface area contributed by atoms with Crippen LogP contribution in [0.2, 0.25) is 0 Å². The minimum absolute atomic E-state index is 0.520. The second-order valence-electron chi connectivity index (χ2n) is 6.79. The van der Waals surface area contributed by atoms with Crippen LogP contribution in [0.15, 0.2) is 96.3 Å². The second kappa shape index (κ2) is 7.97. The molecule has 4 aromatic rings. The van der Waals surface area contributed by atoms with E-state index in [-0.39, 0.29) is 0 Å². The average molecular weight is 396 g/mol. The SMILES string of the molecule is O=[N+]([O-])C(=Cc1ccc2ccccc2c1)C(=Cc1ccc2ccccc2c1)[N+](=O)[O-]. The number of rotatable bonds is 5. The fourth-order valence-electron chi connectivity index (χ4n) is 3.35. The Morgan fingerprint density at radius 1 is 0.567 bits per heavy atom. The van der Waals surface area contributed by atoms with Crippen molar-refractivity contribution in [1.29, 1.82) is 0 Å². The van der Waals surface area contributed by atoms with Crippen molar-refractivity contribution in [3.8, 4) is 0 Å². The van der Waals surface area contributed by atoms with Crippen LogP contribution in [-0.4, -0.2) is 9.85 Å². The van der Waals surface area contributed by atoms with E-state index in [1.165, 1.54) is 12.2 Å². The molecule has 30 heavy (non-hydrogen) atoms. The smallest absolute Gasteiger partial charge is 0.258 e. The molecule has 4 rings (SSSR count). The van der Waals surface area contributed by atoms with E-state index in [1.54, 1.807) is 24.3 Å². The molecule has 0 bridgehead atoms. The zero-order valence-electron chi connectivity index (χ0n) is 15.8. The summed E-state index contributed by atoms with van der Waals surface area (Å²) in [7, 11) is 0. The number of nitrogens with zero attached hydrogens (tertiary/aromatic N) is 2. The fourth-order valence-corrected chi connectivity index (χ4v) is 3.35. The van der Waals surface area contributed by atoms with Gasteiger partial charge in [0.15, 0.2) is 0 Å². The van der Waals surface area contributed by atoms with Crippen LogP contribution in [-0.2, 0) is 0 Å². The molecule has 0 aliphatic carbocycles. The Morgan fingerprint density at radius 3 is 1.30 bits per heavy atom. The maximum atomic E-state index is 11.7. The van der Waals surface area contributed by atoms with E-state index in [2.05, 4.69) is 0 Å². The van der Waals surface area contributed by atoms with Crippen molar-refractivity contribution in [1.82, 2.24) is 0 Å². The quantitative estimate of drug-likeness (QED) is 0.238. The molecule has 0 radical (unpaired) electrons. The highest BCUT2D eigenvalue weighted by Crippen LogP contribution is 2.24. The first-order chi connectivity index (χ1) is 14.5. The van der Waals surface area contributed by atoms with Crippen molar-refractivity contribution in [3.05, 3.63) is 128 Å². The Balaban J connectivity index is 1.82. The number of fused-ring (bicyclic) bond motifs is 2. The van der Waals surface area contributed by atoms with Gasteiger partial charge in [-0.2, -0.15) is 0 Å². The number of benzene rings is 4. The van der Waals surface area contributed by atoms with Crippen LogP contribution in [0.4, 0.5) is 0 Å². The molecule has 0 unspecified atom stereocenters. The lowest BCUT2D eigenvalue weighted by molar-refractivity contribution is -0.477. The molecule has 0 aliphatic rings. The number of hydrogen-bond donors (Lipinski definition) is 0. The van der Waals surface area contributed by atoms with Gasteiger partial charge in [-0.1, -0.05) is 72.8 Å². The van der Waals surface area contributed by atoms with Gasteiger partial charge >= 0.3 is 11.4 Å². The standard InChI is InChI=1S/C24H16N2O4/c27-25(28)23(15-17-9-11-19-5-1-3-7-21(19)13-17)24(26(29)30)16-18-10-12-20-6-2-4-8-22(20)14-18/h1-16H. The first-order valence-corrected chi connectivity index (χ1v) is 9.21. The Bertz CT molecular complexity index is 1250. The molecule has 0 aromatic heterocycles. The maximum absolute atomic E-state index is 11.7. The Morgan fingerprint density at radius 2 is 0.933 bits per heavy atom. The van der Waals surface area contributed by atoms with Gasteiger partial charge < -0.3 is 0 Å². The maximum Gasteiger partial charge on any atom is 0.346 e. The van der Waals surface area contributed by atoms with Gasteiger partial charge in [0.25, 0.3) is 0 Å². The summed E-state index contributed by atoms with van der Waals surface area (Å²) < 4.78 is 0. The summed E-state index contributed by atoms with van der Waals surface area (Å²) in [6.45, 7) is 0. The van der Waals surface area contributed by atoms with Crippen LogP contribution in [0, 0.1) is 20.2 Å². The van der Waals surface area contributed by atoms with E-state index in [0.29, 0.717) is 11.1 Å². The van der Waals surface area contributed by atoms with Gasteiger partial charge in [-0.3, -0.25) is 20.2 Å². The molecule has 0 saturated carbocycles. The topological polar surface area (TPSA) is 86.3 Å². The molecule has 0 saturated heterocycles. The first-order valence-electron chi connectivity index (χ1n) is 9.21. The summed E-state index contributed by atoms with van der Waals surface area (Å²) in [6.07, 6.45) is 2.48. The van der Waals surface area contributed by atoms with E-state index >= 15 is 0 Å². The molecule has 0 N–H and O–H groups in total. The minimum atomic E-state index is -0.717. The third-order valence-electron chi connectivity index (χ3n) is 4.81.